The van der Waals surface area contributed by atoms with Crippen molar-refractivity contribution in [2.75, 3.05) is 19.7 Å². The zero-order chi connectivity index (χ0) is 18.5. The molecule has 1 fully saturated rings. The van der Waals surface area contributed by atoms with Crippen molar-refractivity contribution in [1.29, 1.82) is 0 Å². The van der Waals surface area contributed by atoms with Gasteiger partial charge in [-0.05, 0) is 42.3 Å². The summed E-state index contributed by atoms with van der Waals surface area (Å²) in [6, 6.07) is 11.7. The first-order chi connectivity index (χ1) is 12.5. The Morgan fingerprint density at radius 2 is 2.04 bits per heavy atom. The summed E-state index contributed by atoms with van der Waals surface area (Å²) in [5.74, 6) is 0.274. The van der Waals surface area contributed by atoms with Crippen molar-refractivity contribution < 1.29 is 23.8 Å². The van der Waals surface area contributed by atoms with Gasteiger partial charge in [-0.1, -0.05) is 18.2 Å². The van der Waals surface area contributed by atoms with Crippen molar-refractivity contribution in [3.05, 3.63) is 59.4 Å². The number of hydrogen-bond acceptors (Lipinski definition) is 4. The number of nitrogens with zero attached hydrogens (tertiary/aromatic N) is 1. The van der Waals surface area contributed by atoms with Crippen LogP contribution in [0.15, 0.2) is 42.5 Å². The number of ether oxygens (including phenoxy) is 2. The second-order valence-electron chi connectivity index (χ2n) is 6.39. The van der Waals surface area contributed by atoms with Gasteiger partial charge in [0.05, 0.1) is 13.2 Å². The topological polar surface area (TPSA) is 59.0 Å². The third-order valence-corrected chi connectivity index (χ3v) is 4.35. The van der Waals surface area contributed by atoms with Gasteiger partial charge in [0.15, 0.2) is 18.2 Å². The maximum atomic E-state index is 13.8. The number of halogens is 1. The molecule has 138 valence electrons. The summed E-state index contributed by atoms with van der Waals surface area (Å²) in [7, 11) is 0. The number of aryl methyl sites for hydroxylation is 1. The molecule has 3 rings (SSSR count). The van der Waals surface area contributed by atoms with Crippen molar-refractivity contribution in [1.82, 2.24) is 4.90 Å². The minimum Gasteiger partial charge on any atom is -0.485 e. The Morgan fingerprint density at radius 3 is 2.77 bits per heavy atom. The summed E-state index contributed by atoms with van der Waals surface area (Å²) in [5.41, 5.74) is 1.71. The summed E-state index contributed by atoms with van der Waals surface area (Å²) < 4.78 is 25.0. The SMILES string of the molecule is Cc1ccc(F)c(OC2CCN(C(=O)COc3ccc(CO)cc3)C2)c1. The highest BCUT2D eigenvalue weighted by atomic mass is 19.1. The van der Waals surface area contributed by atoms with Gasteiger partial charge in [0.2, 0.25) is 0 Å². The number of likely N-dealkylation sites (tertiary alicyclic amines) is 1. The van der Waals surface area contributed by atoms with Gasteiger partial charge >= 0.3 is 0 Å². The van der Waals surface area contributed by atoms with E-state index in [0.29, 0.717) is 25.3 Å². The molecule has 1 atom stereocenters. The normalized spacial score (nSPS) is 16.6. The first kappa shape index (κ1) is 18.2. The van der Waals surface area contributed by atoms with Crippen LogP contribution in [0.5, 0.6) is 11.5 Å². The Hall–Kier alpha value is -2.60. The maximum absolute atomic E-state index is 13.8. The van der Waals surface area contributed by atoms with Crippen LogP contribution in [0.1, 0.15) is 17.5 Å². The number of carbonyl (C=O) groups is 1. The van der Waals surface area contributed by atoms with Gasteiger partial charge in [0.25, 0.3) is 5.91 Å². The second kappa shape index (κ2) is 8.19. The van der Waals surface area contributed by atoms with Crippen molar-refractivity contribution in [3.63, 3.8) is 0 Å². The molecule has 1 heterocycles. The maximum Gasteiger partial charge on any atom is 0.260 e. The Labute approximate surface area is 152 Å². The van der Waals surface area contributed by atoms with Gasteiger partial charge in [-0.3, -0.25) is 4.79 Å². The van der Waals surface area contributed by atoms with Gasteiger partial charge < -0.3 is 19.5 Å². The average Bonchev–Trinajstić information content (AvgIpc) is 3.12. The van der Waals surface area contributed by atoms with E-state index in [1.54, 1.807) is 41.3 Å². The predicted molar refractivity (Wildman–Crippen MR) is 94.6 cm³/mol. The number of hydrogen-bond donors (Lipinski definition) is 1. The fraction of sp³-hybridized carbons (Fsp3) is 0.350. The number of rotatable bonds is 6. The van der Waals surface area contributed by atoms with Crippen molar-refractivity contribution in [2.24, 2.45) is 0 Å². The van der Waals surface area contributed by atoms with Crippen molar-refractivity contribution in [2.45, 2.75) is 26.1 Å². The fourth-order valence-corrected chi connectivity index (χ4v) is 2.86. The van der Waals surface area contributed by atoms with Crippen LogP contribution in [0.25, 0.3) is 0 Å². The molecule has 1 saturated heterocycles. The molecule has 6 heteroatoms. The van der Waals surface area contributed by atoms with Gasteiger partial charge in [0, 0.05) is 13.0 Å². The van der Waals surface area contributed by atoms with Crippen LogP contribution in [0.3, 0.4) is 0 Å². The van der Waals surface area contributed by atoms with Gasteiger partial charge in [-0.2, -0.15) is 0 Å². The van der Waals surface area contributed by atoms with Crippen molar-refractivity contribution in [3.8, 4) is 11.5 Å². The molecule has 0 aromatic heterocycles. The highest BCUT2D eigenvalue weighted by Gasteiger charge is 2.28. The molecule has 2 aromatic rings. The molecule has 0 saturated carbocycles. The third-order valence-electron chi connectivity index (χ3n) is 4.35. The Morgan fingerprint density at radius 1 is 1.27 bits per heavy atom. The molecule has 26 heavy (non-hydrogen) atoms. The van der Waals surface area contributed by atoms with E-state index in [4.69, 9.17) is 14.6 Å². The highest BCUT2D eigenvalue weighted by molar-refractivity contribution is 5.78. The number of amides is 1. The van der Waals surface area contributed by atoms with Crippen LogP contribution in [0.2, 0.25) is 0 Å². The Bertz CT molecular complexity index is 763. The van der Waals surface area contributed by atoms with E-state index < -0.39 is 5.82 Å². The standard InChI is InChI=1S/C20H22FNO4/c1-14-2-7-18(21)19(10-14)26-17-8-9-22(11-17)20(24)13-25-16-5-3-15(12-23)4-6-16/h2-7,10,17,23H,8-9,11-13H2,1H3. The van der Waals surface area contributed by atoms with Crippen LogP contribution in [-0.2, 0) is 11.4 Å². The minimum atomic E-state index is -0.393. The van der Waals surface area contributed by atoms with E-state index in [1.807, 2.05) is 6.92 Å². The quantitative estimate of drug-likeness (QED) is 0.862. The first-order valence-electron chi connectivity index (χ1n) is 8.58. The molecule has 2 aromatic carbocycles. The van der Waals surface area contributed by atoms with E-state index >= 15 is 0 Å². The van der Waals surface area contributed by atoms with E-state index in [0.717, 1.165) is 11.1 Å². The third kappa shape index (κ3) is 4.52. The molecular weight excluding hydrogens is 337 g/mol. The Balaban J connectivity index is 1.49. The van der Waals surface area contributed by atoms with Gasteiger partial charge in [-0.25, -0.2) is 4.39 Å². The van der Waals surface area contributed by atoms with E-state index in [-0.39, 0.29) is 31.0 Å². The molecule has 0 radical (unpaired) electrons. The van der Waals surface area contributed by atoms with Crippen LogP contribution in [0.4, 0.5) is 4.39 Å². The average molecular weight is 359 g/mol. The molecular formula is C20H22FNO4. The zero-order valence-electron chi connectivity index (χ0n) is 14.7. The lowest BCUT2D eigenvalue weighted by Crippen LogP contribution is -2.34. The van der Waals surface area contributed by atoms with Gasteiger partial charge in [0.1, 0.15) is 11.9 Å². The van der Waals surface area contributed by atoms with Crippen molar-refractivity contribution >= 4 is 5.91 Å². The molecule has 1 aliphatic heterocycles. The summed E-state index contributed by atoms with van der Waals surface area (Å²) in [4.78, 5) is 14.0. The van der Waals surface area contributed by atoms with Gasteiger partial charge in [-0.15, -0.1) is 0 Å². The summed E-state index contributed by atoms with van der Waals surface area (Å²) >= 11 is 0. The number of carbonyl (C=O) groups excluding carboxylic acids is 1. The number of benzene rings is 2. The summed E-state index contributed by atoms with van der Waals surface area (Å²) in [6.07, 6.45) is 0.434. The van der Waals surface area contributed by atoms with Crippen LogP contribution >= 0.6 is 0 Å². The molecule has 1 N–H and O–H groups in total. The molecule has 1 aliphatic rings. The first-order valence-corrected chi connectivity index (χ1v) is 8.58. The van der Waals surface area contributed by atoms with E-state index in [1.165, 1.54) is 6.07 Å². The molecule has 1 amide bonds. The zero-order valence-corrected chi connectivity index (χ0v) is 14.7. The van der Waals surface area contributed by atoms with Crippen LogP contribution in [0, 0.1) is 12.7 Å². The lowest BCUT2D eigenvalue weighted by molar-refractivity contribution is -0.132. The van der Waals surface area contributed by atoms with E-state index in [9.17, 15) is 9.18 Å². The predicted octanol–water partition coefficient (Wildman–Crippen LogP) is 2.69. The molecule has 0 bridgehead atoms. The monoisotopic (exact) mass is 359 g/mol. The fourth-order valence-electron chi connectivity index (χ4n) is 2.86. The lowest BCUT2D eigenvalue weighted by atomic mass is 10.2. The minimum absolute atomic E-state index is 0.0318. The smallest absolute Gasteiger partial charge is 0.260 e. The molecule has 5 nitrogen and oxygen atoms in total. The number of aliphatic hydroxyl groups excluding tert-OH is 1. The lowest BCUT2D eigenvalue weighted by Gasteiger charge is -2.18. The summed E-state index contributed by atoms with van der Waals surface area (Å²) in [6.45, 7) is 2.75. The van der Waals surface area contributed by atoms with E-state index in [2.05, 4.69) is 0 Å². The largest absolute Gasteiger partial charge is 0.485 e. The molecule has 1 unspecified atom stereocenters. The van der Waals surface area contributed by atoms with Crippen LogP contribution < -0.4 is 9.47 Å². The second-order valence-corrected chi connectivity index (χ2v) is 6.39. The van der Waals surface area contributed by atoms with Crippen LogP contribution in [-0.4, -0.2) is 41.7 Å². The number of aliphatic hydroxyl groups is 1. The molecule has 0 aliphatic carbocycles. The summed E-state index contributed by atoms with van der Waals surface area (Å²) in [5, 5.41) is 9.02. The Kier molecular flexibility index (Phi) is 5.73. The molecule has 0 spiro atoms. The highest BCUT2D eigenvalue weighted by Crippen LogP contribution is 2.23.